The summed E-state index contributed by atoms with van der Waals surface area (Å²) in [5.41, 5.74) is 9.23. The van der Waals surface area contributed by atoms with E-state index in [1.54, 1.807) is 7.11 Å². The highest BCUT2D eigenvalue weighted by Gasteiger charge is 2.66. The Kier molecular flexibility index (Phi) is 4.37. The van der Waals surface area contributed by atoms with Crippen LogP contribution < -0.4 is 20.9 Å². The van der Waals surface area contributed by atoms with Crippen molar-refractivity contribution < 1.29 is 19.4 Å². The predicted octanol–water partition coefficient (Wildman–Crippen LogP) is 3.19. The van der Waals surface area contributed by atoms with Crippen molar-refractivity contribution in [1.82, 2.24) is 4.68 Å². The Hall–Kier alpha value is -2.84. The van der Waals surface area contributed by atoms with E-state index in [0.717, 1.165) is 54.5 Å². The van der Waals surface area contributed by atoms with E-state index >= 15 is 0 Å². The van der Waals surface area contributed by atoms with E-state index in [0.29, 0.717) is 18.9 Å². The van der Waals surface area contributed by atoms with E-state index in [1.807, 2.05) is 4.68 Å². The van der Waals surface area contributed by atoms with Gasteiger partial charge in [0.15, 0.2) is 5.43 Å². The normalized spacial score (nSPS) is 29.4. The Morgan fingerprint density at radius 3 is 2.62 bits per heavy atom. The number of rotatable bonds is 6. The molecule has 0 spiro atoms. The number of carbonyl (C=O) groups is 1. The molecule has 34 heavy (non-hydrogen) atoms. The molecule has 8 heteroatoms. The van der Waals surface area contributed by atoms with E-state index in [2.05, 4.69) is 31.0 Å². The quantitative estimate of drug-likeness (QED) is 0.675. The average molecular weight is 466 g/mol. The van der Waals surface area contributed by atoms with Crippen molar-refractivity contribution in [3.63, 3.8) is 0 Å². The number of aromatic carboxylic acids is 1. The molecule has 1 aromatic heterocycles. The van der Waals surface area contributed by atoms with Crippen LogP contribution in [0.3, 0.4) is 0 Å². The first-order valence-corrected chi connectivity index (χ1v) is 11.9. The van der Waals surface area contributed by atoms with Gasteiger partial charge in [0.05, 0.1) is 30.5 Å². The Bertz CT molecular complexity index is 1260. The monoisotopic (exact) mass is 465 g/mol. The third kappa shape index (κ3) is 2.98. The zero-order valence-corrected chi connectivity index (χ0v) is 19.9. The number of fused-ring (bicyclic) bond motifs is 6. The second kappa shape index (κ2) is 6.86. The van der Waals surface area contributed by atoms with Crippen molar-refractivity contribution >= 4 is 5.97 Å². The molecular weight excluding hydrogens is 434 g/mol. The van der Waals surface area contributed by atoms with Gasteiger partial charge in [-0.15, -0.1) is 0 Å². The molecule has 3 heterocycles. The van der Waals surface area contributed by atoms with Crippen LogP contribution in [0.2, 0.25) is 0 Å². The first kappa shape index (κ1) is 21.7. The minimum atomic E-state index is -1.21. The minimum Gasteiger partial charge on any atom is -0.493 e. The first-order valence-electron chi connectivity index (χ1n) is 11.9. The summed E-state index contributed by atoms with van der Waals surface area (Å²) in [4.78, 5) is 24.4. The second-order valence-corrected chi connectivity index (χ2v) is 11.5. The molecule has 2 aromatic rings. The lowest BCUT2D eigenvalue weighted by Gasteiger charge is -2.68. The molecule has 1 atom stereocenters. The van der Waals surface area contributed by atoms with Crippen LogP contribution in [0, 0.1) is 5.41 Å². The standard InChI is InChI=1S/C26H31N3O5/c1-24(2)5-4-19-17-7-22(34-14-25-11-26(27,12-25)13-25)15(10-33-3)6-16(17)20-8-21(30)18(23(31)32)9-28(20)29(19)24/h6-9,19H,4-5,10-14,27H2,1-3H3,(H,31,32)/t19-,25?,26?/m1/s1. The smallest absolute Gasteiger partial charge is 0.341 e. The molecule has 0 radical (unpaired) electrons. The Balaban J connectivity index is 1.47. The highest BCUT2D eigenvalue weighted by Crippen LogP contribution is 2.65. The van der Waals surface area contributed by atoms with E-state index in [-0.39, 0.29) is 28.1 Å². The molecule has 8 nitrogen and oxygen atoms in total. The number of nitrogens with two attached hydrogens (primary N) is 1. The third-order valence-electron chi connectivity index (χ3n) is 8.32. The van der Waals surface area contributed by atoms with Crippen molar-refractivity contribution in [3.05, 3.63) is 51.3 Å². The summed E-state index contributed by atoms with van der Waals surface area (Å²) in [5, 5.41) is 11.8. The van der Waals surface area contributed by atoms with Crippen LogP contribution in [0.15, 0.2) is 29.2 Å². The number of hydrogen-bond donors (Lipinski definition) is 2. The van der Waals surface area contributed by atoms with Crippen molar-refractivity contribution in [2.45, 2.75) is 69.7 Å². The molecule has 7 rings (SSSR count). The molecule has 0 amide bonds. The summed E-state index contributed by atoms with van der Waals surface area (Å²) in [6, 6.07) is 5.68. The summed E-state index contributed by atoms with van der Waals surface area (Å²) in [6.45, 7) is 5.35. The van der Waals surface area contributed by atoms with E-state index in [1.165, 1.54) is 12.3 Å². The molecule has 5 aliphatic rings. The number of hydrogen-bond acceptors (Lipinski definition) is 6. The molecule has 180 valence electrons. The lowest BCUT2D eigenvalue weighted by Crippen LogP contribution is -2.73. The van der Waals surface area contributed by atoms with Crippen LogP contribution in [-0.4, -0.2) is 40.5 Å². The Labute approximate surface area is 198 Å². The number of aromatic nitrogens is 1. The number of methoxy groups -OCH3 is 1. The van der Waals surface area contributed by atoms with E-state index in [4.69, 9.17) is 15.2 Å². The Morgan fingerprint density at radius 2 is 1.97 bits per heavy atom. The zero-order chi connectivity index (χ0) is 24.0. The molecular formula is C26H31N3O5. The van der Waals surface area contributed by atoms with Crippen molar-refractivity contribution in [3.8, 4) is 17.0 Å². The zero-order valence-electron chi connectivity index (χ0n) is 19.9. The van der Waals surface area contributed by atoms with Gasteiger partial charge in [-0.05, 0) is 63.6 Å². The van der Waals surface area contributed by atoms with E-state index in [9.17, 15) is 14.7 Å². The number of nitrogens with zero attached hydrogens (tertiary/aromatic N) is 2. The van der Waals surface area contributed by atoms with Gasteiger partial charge in [-0.1, -0.05) is 0 Å². The third-order valence-corrected chi connectivity index (χ3v) is 8.32. The van der Waals surface area contributed by atoms with Gasteiger partial charge in [-0.25, -0.2) is 4.79 Å². The molecule has 3 aliphatic carbocycles. The largest absolute Gasteiger partial charge is 0.493 e. The topological polar surface area (TPSA) is 107 Å². The number of pyridine rings is 1. The molecule has 2 bridgehead atoms. The molecule has 1 saturated heterocycles. The highest BCUT2D eigenvalue weighted by atomic mass is 16.5. The van der Waals surface area contributed by atoms with Gasteiger partial charge in [0.1, 0.15) is 11.3 Å². The molecule has 0 unspecified atom stereocenters. The number of carboxylic acids is 1. The maximum atomic E-state index is 12.7. The van der Waals surface area contributed by atoms with Crippen LogP contribution in [0.1, 0.15) is 73.5 Å². The van der Waals surface area contributed by atoms with Crippen LogP contribution in [0.25, 0.3) is 11.3 Å². The van der Waals surface area contributed by atoms with Gasteiger partial charge in [-0.2, -0.15) is 0 Å². The van der Waals surface area contributed by atoms with Gasteiger partial charge >= 0.3 is 5.97 Å². The minimum absolute atomic E-state index is 0.0380. The van der Waals surface area contributed by atoms with Gasteiger partial charge in [0.25, 0.3) is 0 Å². The fraction of sp³-hybridized carbons (Fsp3) is 0.538. The number of benzene rings is 1. The lowest BCUT2D eigenvalue weighted by molar-refractivity contribution is -0.153. The van der Waals surface area contributed by atoms with Crippen LogP contribution in [-0.2, 0) is 11.3 Å². The average Bonchev–Trinajstić information content (AvgIpc) is 3.05. The van der Waals surface area contributed by atoms with Gasteiger partial charge in [0, 0.05) is 41.5 Å². The molecule has 2 aliphatic heterocycles. The predicted molar refractivity (Wildman–Crippen MR) is 127 cm³/mol. The van der Waals surface area contributed by atoms with Crippen LogP contribution in [0.5, 0.6) is 5.75 Å². The second-order valence-electron chi connectivity index (χ2n) is 11.5. The maximum Gasteiger partial charge on any atom is 0.341 e. The maximum absolute atomic E-state index is 12.7. The summed E-state index contributed by atoms with van der Waals surface area (Å²) >= 11 is 0. The molecule has 1 aromatic carbocycles. The van der Waals surface area contributed by atoms with Crippen LogP contribution >= 0.6 is 0 Å². The van der Waals surface area contributed by atoms with Gasteiger partial charge in [-0.3, -0.25) is 14.5 Å². The fourth-order valence-corrected chi connectivity index (χ4v) is 6.95. The van der Waals surface area contributed by atoms with Gasteiger partial charge < -0.3 is 20.3 Å². The fourth-order valence-electron chi connectivity index (χ4n) is 6.95. The van der Waals surface area contributed by atoms with Gasteiger partial charge in [0.2, 0.25) is 0 Å². The summed E-state index contributed by atoms with van der Waals surface area (Å²) < 4.78 is 13.8. The number of carboxylic acid groups (broad SMARTS) is 1. The molecule has 4 fully saturated rings. The summed E-state index contributed by atoms with van der Waals surface area (Å²) in [7, 11) is 1.65. The highest BCUT2D eigenvalue weighted by molar-refractivity contribution is 5.88. The Morgan fingerprint density at radius 1 is 1.24 bits per heavy atom. The van der Waals surface area contributed by atoms with Crippen molar-refractivity contribution in [2.24, 2.45) is 11.1 Å². The summed E-state index contributed by atoms with van der Waals surface area (Å²) in [5.74, 6) is -0.393. The summed E-state index contributed by atoms with van der Waals surface area (Å²) in [6.07, 6.45) is 6.43. The van der Waals surface area contributed by atoms with Crippen LogP contribution in [0.4, 0.5) is 0 Å². The molecule has 3 N–H and O–H groups in total. The lowest BCUT2D eigenvalue weighted by atomic mass is 9.40. The van der Waals surface area contributed by atoms with Crippen molar-refractivity contribution in [1.29, 1.82) is 0 Å². The van der Waals surface area contributed by atoms with Crippen molar-refractivity contribution in [2.75, 3.05) is 18.7 Å². The first-order chi connectivity index (χ1) is 16.0. The SMILES string of the molecule is COCc1cc2c(cc1OCC13CC(N)(C1)C3)[C@H]1CCC(C)(C)N1n1cc(C(=O)O)c(=O)cc1-2. The van der Waals surface area contributed by atoms with E-state index < -0.39 is 11.4 Å². The molecule has 3 saturated carbocycles. The number of ether oxygens (including phenoxy) is 2.